The average molecular weight is 534 g/mol. The first-order chi connectivity index (χ1) is 18.4. The monoisotopic (exact) mass is 533 g/mol. The van der Waals surface area contributed by atoms with E-state index < -0.39 is 0 Å². The second-order valence-corrected chi connectivity index (χ2v) is 8.72. The van der Waals surface area contributed by atoms with E-state index in [2.05, 4.69) is 16.4 Å². The minimum Gasteiger partial charge on any atom is -0.493 e. The summed E-state index contributed by atoms with van der Waals surface area (Å²) in [6, 6.07) is 14.6. The summed E-state index contributed by atoms with van der Waals surface area (Å²) in [5, 5.41) is 23.1. The minimum absolute atomic E-state index is 0.0344. The van der Waals surface area contributed by atoms with Crippen molar-refractivity contribution in [2.24, 2.45) is 0 Å². The Kier molecular flexibility index (Phi) is 9.63. The van der Waals surface area contributed by atoms with Crippen molar-refractivity contribution in [1.29, 1.82) is 10.5 Å². The summed E-state index contributed by atoms with van der Waals surface area (Å²) in [6.07, 6.45) is 0.136. The van der Waals surface area contributed by atoms with Crippen LogP contribution in [0, 0.1) is 22.7 Å². The number of amides is 1. The Morgan fingerprint density at radius 3 is 2.26 bits per heavy atom. The number of hydrogen-bond donors (Lipinski definition) is 2. The van der Waals surface area contributed by atoms with E-state index in [-0.39, 0.29) is 29.3 Å². The smallest absolute Gasteiger partial charge is 0.225 e. The molecule has 3 rings (SSSR count). The summed E-state index contributed by atoms with van der Waals surface area (Å²) in [5.74, 6) is 1.70. The van der Waals surface area contributed by atoms with Crippen molar-refractivity contribution >= 4 is 29.2 Å². The molecule has 0 bridgehead atoms. The summed E-state index contributed by atoms with van der Waals surface area (Å²) in [5.41, 5.74) is 7.66. The number of benzene rings is 2. The fraction of sp³-hybridized carbons (Fsp3) is 0.259. The number of ether oxygens (including phenoxy) is 4. The zero-order chi connectivity index (χ0) is 27.7. The van der Waals surface area contributed by atoms with Crippen molar-refractivity contribution < 1.29 is 23.7 Å². The normalized spacial score (nSPS) is 10.2. The molecule has 0 saturated heterocycles. The van der Waals surface area contributed by atoms with Gasteiger partial charge in [0.25, 0.3) is 0 Å². The predicted octanol–water partition coefficient (Wildman–Crippen LogP) is 4.62. The molecule has 1 heterocycles. The highest BCUT2D eigenvalue weighted by Gasteiger charge is 2.24. The average Bonchev–Trinajstić information content (AvgIpc) is 2.93. The lowest BCUT2D eigenvalue weighted by Gasteiger charge is -2.17. The van der Waals surface area contributed by atoms with Gasteiger partial charge in [-0.15, -0.1) is 11.8 Å². The molecule has 0 spiro atoms. The molecule has 0 saturated carbocycles. The Bertz CT molecular complexity index is 1390. The summed E-state index contributed by atoms with van der Waals surface area (Å²) in [4.78, 5) is 16.9. The van der Waals surface area contributed by atoms with Crippen LogP contribution in [0.1, 0.15) is 24.5 Å². The van der Waals surface area contributed by atoms with Crippen LogP contribution in [0.2, 0.25) is 0 Å². The van der Waals surface area contributed by atoms with Crippen LogP contribution >= 0.6 is 11.8 Å². The molecule has 3 aromatic rings. The van der Waals surface area contributed by atoms with E-state index in [9.17, 15) is 15.3 Å². The molecule has 3 N–H and O–H groups in total. The van der Waals surface area contributed by atoms with E-state index >= 15 is 0 Å². The molecular formula is C27H27N5O5S. The van der Waals surface area contributed by atoms with Crippen LogP contribution in [0.15, 0.2) is 41.4 Å². The second-order valence-electron chi connectivity index (χ2n) is 7.64. The van der Waals surface area contributed by atoms with Crippen LogP contribution in [0.25, 0.3) is 11.1 Å². The molecule has 10 nitrogen and oxygen atoms in total. The van der Waals surface area contributed by atoms with E-state index in [1.165, 1.54) is 33.1 Å². The maximum absolute atomic E-state index is 12.6. The number of anilines is 2. The minimum atomic E-state index is -0.227. The maximum atomic E-state index is 12.6. The Hall–Kier alpha value is -4.61. The molecule has 1 aromatic heterocycles. The van der Waals surface area contributed by atoms with Gasteiger partial charge in [0, 0.05) is 17.7 Å². The summed E-state index contributed by atoms with van der Waals surface area (Å²) >= 11 is 1.19. The molecule has 0 aliphatic heterocycles. The molecule has 38 heavy (non-hydrogen) atoms. The highest BCUT2D eigenvalue weighted by atomic mass is 32.2. The molecule has 0 aliphatic carbocycles. The number of nitriles is 2. The van der Waals surface area contributed by atoms with Gasteiger partial charge in [0.2, 0.25) is 11.7 Å². The predicted molar refractivity (Wildman–Crippen MR) is 145 cm³/mol. The number of nitrogens with one attached hydrogen (secondary N) is 1. The van der Waals surface area contributed by atoms with Gasteiger partial charge in [0.15, 0.2) is 11.5 Å². The first-order valence-corrected chi connectivity index (χ1v) is 12.5. The first-order valence-electron chi connectivity index (χ1n) is 11.5. The van der Waals surface area contributed by atoms with Crippen molar-refractivity contribution in [2.75, 3.05) is 44.7 Å². The van der Waals surface area contributed by atoms with E-state index in [1.807, 2.05) is 19.1 Å². The van der Waals surface area contributed by atoms with Gasteiger partial charge < -0.3 is 30.0 Å². The maximum Gasteiger partial charge on any atom is 0.225 e. The van der Waals surface area contributed by atoms with Gasteiger partial charge in [-0.3, -0.25) is 4.79 Å². The molecular weight excluding hydrogens is 506 g/mol. The van der Waals surface area contributed by atoms with Crippen molar-refractivity contribution in [3.63, 3.8) is 0 Å². The lowest BCUT2D eigenvalue weighted by molar-refractivity contribution is -0.115. The van der Waals surface area contributed by atoms with Crippen molar-refractivity contribution in [2.45, 2.75) is 18.4 Å². The third kappa shape index (κ3) is 6.02. The Balaban J connectivity index is 1.92. The number of nitrogens with two attached hydrogens (primary N) is 1. The van der Waals surface area contributed by atoms with E-state index in [4.69, 9.17) is 24.7 Å². The van der Waals surface area contributed by atoms with Crippen LogP contribution in [-0.2, 0) is 4.79 Å². The standard InChI is InChI=1S/C27H27N5O5S/c1-5-37-20-9-7-6-8-19(20)31-23(33)10-11-38-27-18(15-29)24(17(14-28)26(30)32-27)16-12-21(34-2)25(36-4)22(13-16)35-3/h6-9,12-13H,5,10-11H2,1-4H3,(H2,30,32)(H,31,33). The molecule has 0 radical (unpaired) electrons. The zero-order valence-electron chi connectivity index (χ0n) is 21.5. The first kappa shape index (κ1) is 28.0. The fourth-order valence-electron chi connectivity index (χ4n) is 3.72. The van der Waals surface area contributed by atoms with Crippen molar-refractivity contribution in [3.05, 3.63) is 47.5 Å². The number of methoxy groups -OCH3 is 3. The Morgan fingerprint density at radius 2 is 1.68 bits per heavy atom. The van der Waals surface area contributed by atoms with Crippen LogP contribution in [0.5, 0.6) is 23.0 Å². The number of carbonyl (C=O) groups excluding carboxylic acids is 1. The Morgan fingerprint density at radius 1 is 1.03 bits per heavy atom. The number of hydrogen-bond acceptors (Lipinski definition) is 10. The third-order valence-corrected chi connectivity index (χ3v) is 6.38. The summed E-state index contributed by atoms with van der Waals surface area (Å²) < 4.78 is 21.8. The van der Waals surface area contributed by atoms with E-state index in [0.29, 0.717) is 57.2 Å². The molecule has 2 aromatic carbocycles. The molecule has 0 aliphatic rings. The van der Waals surface area contributed by atoms with Crippen LogP contribution in [0.3, 0.4) is 0 Å². The molecule has 11 heteroatoms. The number of rotatable bonds is 11. The van der Waals surface area contributed by atoms with Gasteiger partial charge in [-0.1, -0.05) is 12.1 Å². The number of para-hydroxylation sites is 2. The van der Waals surface area contributed by atoms with Gasteiger partial charge in [0.1, 0.15) is 34.3 Å². The van der Waals surface area contributed by atoms with Crippen LogP contribution in [0.4, 0.5) is 11.5 Å². The SMILES string of the molecule is CCOc1ccccc1NC(=O)CCSc1nc(N)c(C#N)c(-c2cc(OC)c(OC)c(OC)c2)c1C#N. The van der Waals surface area contributed by atoms with Gasteiger partial charge in [-0.05, 0) is 36.8 Å². The largest absolute Gasteiger partial charge is 0.493 e. The molecule has 196 valence electrons. The van der Waals surface area contributed by atoms with E-state index in [1.54, 1.807) is 30.3 Å². The van der Waals surface area contributed by atoms with Crippen LogP contribution in [-0.4, -0.2) is 44.6 Å². The third-order valence-electron chi connectivity index (χ3n) is 5.40. The number of aromatic nitrogens is 1. The van der Waals surface area contributed by atoms with Gasteiger partial charge in [-0.25, -0.2) is 4.98 Å². The van der Waals surface area contributed by atoms with Gasteiger partial charge in [-0.2, -0.15) is 10.5 Å². The highest BCUT2D eigenvalue weighted by Crippen LogP contribution is 2.44. The lowest BCUT2D eigenvalue weighted by Crippen LogP contribution is -2.13. The van der Waals surface area contributed by atoms with Crippen LogP contribution < -0.4 is 30.0 Å². The second kappa shape index (κ2) is 13.1. The number of pyridine rings is 1. The number of nitrogen functional groups attached to an aromatic ring is 1. The number of nitrogens with zero attached hydrogens (tertiary/aromatic N) is 3. The van der Waals surface area contributed by atoms with Gasteiger partial charge >= 0.3 is 0 Å². The Labute approximate surface area is 225 Å². The quantitative estimate of drug-likeness (QED) is 0.334. The fourth-order valence-corrected chi connectivity index (χ4v) is 4.66. The lowest BCUT2D eigenvalue weighted by atomic mass is 9.96. The number of carbonyl (C=O) groups is 1. The topological polar surface area (TPSA) is 153 Å². The number of thioether (sulfide) groups is 1. The molecule has 0 fully saturated rings. The van der Waals surface area contributed by atoms with Gasteiger partial charge in [0.05, 0.1) is 39.2 Å². The van der Waals surface area contributed by atoms with E-state index in [0.717, 1.165) is 0 Å². The van der Waals surface area contributed by atoms with Crippen molar-refractivity contribution in [3.8, 4) is 46.3 Å². The molecule has 1 amide bonds. The zero-order valence-corrected chi connectivity index (χ0v) is 22.3. The molecule has 0 unspecified atom stereocenters. The van der Waals surface area contributed by atoms with Crippen molar-refractivity contribution in [1.82, 2.24) is 4.98 Å². The summed E-state index contributed by atoms with van der Waals surface area (Å²) in [6.45, 7) is 2.34. The summed E-state index contributed by atoms with van der Waals surface area (Å²) in [7, 11) is 4.42. The molecule has 0 atom stereocenters. The highest BCUT2D eigenvalue weighted by molar-refractivity contribution is 7.99.